The summed E-state index contributed by atoms with van der Waals surface area (Å²) in [6.07, 6.45) is 22.5. The Morgan fingerprint density at radius 2 is 1.55 bits per heavy atom. The topological polar surface area (TPSA) is 76.7 Å². The van der Waals surface area contributed by atoms with Crippen LogP contribution in [0.25, 0.3) is 0 Å². The largest absolute Gasteiger partial charge is 0.449 e. The lowest BCUT2D eigenvalue weighted by Gasteiger charge is -2.28. The molecule has 0 aromatic carbocycles. The minimum atomic E-state index is -0.288. The van der Waals surface area contributed by atoms with Gasteiger partial charge in [0.25, 0.3) is 0 Å². The summed E-state index contributed by atoms with van der Waals surface area (Å²) in [5.41, 5.74) is 2.77. The number of hydrogen-bond acceptors (Lipinski definition) is 4. The van der Waals surface area contributed by atoms with Crippen LogP contribution in [0.4, 0.5) is 4.79 Å². The molecule has 0 aromatic heterocycles. The maximum atomic E-state index is 12.5. The summed E-state index contributed by atoms with van der Waals surface area (Å²) in [4.78, 5) is 24.9. The minimum absolute atomic E-state index is 0.0379. The summed E-state index contributed by atoms with van der Waals surface area (Å²) in [7, 11) is 0. The lowest BCUT2D eigenvalue weighted by Crippen LogP contribution is -2.30. The van der Waals surface area contributed by atoms with Crippen LogP contribution in [0.1, 0.15) is 157 Å². The van der Waals surface area contributed by atoms with Crippen molar-refractivity contribution in [1.82, 2.24) is 10.6 Å². The Hall–Kier alpha value is -1.82. The molecule has 0 aliphatic heterocycles. The highest BCUT2D eigenvalue weighted by molar-refractivity contribution is 5.75. The van der Waals surface area contributed by atoms with E-state index in [9.17, 15) is 9.59 Å². The van der Waals surface area contributed by atoms with Gasteiger partial charge in [0.2, 0.25) is 5.91 Å². The van der Waals surface area contributed by atoms with E-state index in [4.69, 9.17) is 9.47 Å². The maximum absolute atomic E-state index is 12.5. The number of hydrogen-bond donors (Lipinski definition) is 2. The zero-order valence-electron chi connectivity index (χ0n) is 32.4. The zero-order valence-corrected chi connectivity index (χ0v) is 32.4. The maximum Gasteiger partial charge on any atom is 0.407 e. The number of rotatable bonds is 20. The van der Waals surface area contributed by atoms with Crippen LogP contribution < -0.4 is 10.6 Å². The first-order valence-electron chi connectivity index (χ1n) is 20.5. The third kappa shape index (κ3) is 13.0. The van der Waals surface area contributed by atoms with Gasteiger partial charge in [-0.05, 0) is 112 Å². The summed E-state index contributed by atoms with van der Waals surface area (Å²) in [5.74, 6) is 4.32. The molecule has 2 amide bonds. The number of carbonyl (C=O) groups is 2. The molecular weight excluding hydrogens is 608 g/mol. The third-order valence-corrected chi connectivity index (χ3v) is 13.3. The lowest BCUT2D eigenvalue weighted by molar-refractivity contribution is -0.121. The van der Waals surface area contributed by atoms with Gasteiger partial charge in [0.05, 0.1) is 19.3 Å². The van der Waals surface area contributed by atoms with Crippen molar-refractivity contribution in [2.24, 2.45) is 46.3 Å². The summed E-state index contributed by atoms with van der Waals surface area (Å²) in [6.45, 7) is 22.3. The quantitative estimate of drug-likeness (QED) is 0.125. The lowest BCUT2D eigenvalue weighted by atomic mass is 9.85. The van der Waals surface area contributed by atoms with Crippen LogP contribution in [-0.2, 0) is 14.3 Å². The fourth-order valence-electron chi connectivity index (χ4n) is 9.28. The van der Waals surface area contributed by atoms with Crippen LogP contribution in [-0.4, -0.2) is 44.4 Å². The minimum Gasteiger partial charge on any atom is -0.449 e. The Labute approximate surface area is 300 Å². The van der Waals surface area contributed by atoms with E-state index < -0.39 is 0 Å². The smallest absolute Gasteiger partial charge is 0.407 e. The van der Waals surface area contributed by atoms with Gasteiger partial charge in [0.1, 0.15) is 0 Å². The molecule has 4 rings (SSSR count). The van der Waals surface area contributed by atoms with Crippen molar-refractivity contribution in [1.29, 1.82) is 0 Å². The van der Waals surface area contributed by atoms with Crippen molar-refractivity contribution in [3.05, 3.63) is 24.3 Å². The fourth-order valence-corrected chi connectivity index (χ4v) is 9.28. The number of carbonyl (C=O) groups excluding carboxylic acids is 2. The summed E-state index contributed by atoms with van der Waals surface area (Å²) in [5, 5.41) is 6.13. The molecule has 6 unspecified atom stereocenters. The van der Waals surface area contributed by atoms with Crippen molar-refractivity contribution in [2.75, 3.05) is 26.3 Å². The van der Waals surface area contributed by atoms with E-state index in [0.29, 0.717) is 44.1 Å². The molecule has 6 heteroatoms. The van der Waals surface area contributed by atoms with Gasteiger partial charge in [-0.25, -0.2) is 4.79 Å². The van der Waals surface area contributed by atoms with Gasteiger partial charge in [-0.3, -0.25) is 4.79 Å². The van der Waals surface area contributed by atoms with Crippen LogP contribution in [0.5, 0.6) is 0 Å². The molecule has 49 heavy (non-hydrogen) atoms. The van der Waals surface area contributed by atoms with E-state index >= 15 is 0 Å². The van der Waals surface area contributed by atoms with Crippen LogP contribution in [0.15, 0.2) is 24.3 Å². The van der Waals surface area contributed by atoms with E-state index in [0.717, 1.165) is 67.8 Å². The number of nitrogens with one attached hydrogen (secondary N) is 2. The highest BCUT2D eigenvalue weighted by Crippen LogP contribution is 2.64. The second-order valence-corrected chi connectivity index (χ2v) is 17.9. The van der Waals surface area contributed by atoms with Gasteiger partial charge in [-0.1, -0.05) is 103 Å². The molecule has 2 N–H and O–H groups in total. The van der Waals surface area contributed by atoms with E-state index in [2.05, 4.69) is 58.4 Å². The molecule has 0 aromatic rings. The molecule has 0 bridgehead atoms. The van der Waals surface area contributed by atoms with Crippen molar-refractivity contribution < 1.29 is 19.1 Å². The molecule has 4 fully saturated rings. The van der Waals surface area contributed by atoms with Gasteiger partial charge in [-0.2, -0.15) is 0 Å². The monoisotopic (exact) mass is 683 g/mol. The first kappa shape index (κ1) is 40.0. The molecule has 4 saturated carbocycles. The van der Waals surface area contributed by atoms with Crippen molar-refractivity contribution in [3.8, 4) is 0 Å². The molecule has 7 atom stereocenters. The Morgan fingerprint density at radius 1 is 0.878 bits per heavy atom. The second kappa shape index (κ2) is 19.1. The van der Waals surface area contributed by atoms with E-state index in [1.165, 1.54) is 82.6 Å². The summed E-state index contributed by atoms with van der Waals surface area (Å²) in [6, 6.07) is 0. The highest BCUT2D eigenvalue weighted by Gasteiger charge is 2.60. The van der Waals surface area contributed by atoms with Gasteiger partial charge >= 0.3 is 6.09 Å². The van der Waals surface area contributed by atoms with Crippen LogP contribution in [0.3, 0.4) is 0 Å². The zero-order chi connectivity index (χ0) is 35.4. The molecule has 4 aliphatic carbocycles. The Balaban J connectivity index is 0.991. The predicted octanol–water partition coefficient (Wildman–Crippen LogP) is 10.6. The van der Waals surface area contributed by atoms with Gasteiger partial charge < -0.3 is 20.1 Å². The summed E-state index contributed by atoms with van der Waals surface area (Å²) < 4.78 is 12.0. The molecule has 0 heterocycles. The van der Waals surface area contributed by atoms with Gasteiger partial charge in [0, 0.05) is 25.4 Å². The van der Waals surface area contributed by atoms with Crippen LogP contribution in [0.2, 0.25) is 0 Å². The van der Waals surface area contributed by atoms with Crippen molar-refractivity contribution in [2.45, 2.75) is 163 Å². The molecular formula is C43H74N2O4. The van der Waals surface area contributed by atoms with Gasteiger partial charge in [0.15, 0.2) is 0 Å². The standard InChI is InChI=1S/C43H74N2O4/c1-31(24-27-44-40(46)22-21-37-35-16-12-8-9-13-17-36(35)37)19-20-34(4)49-30-42(5,6)26-23-32(2)33(3)28-45-41(47)48-29-39-38-18-14-10-11-15-25-43(38,39)7/h33-39H,1-2,8-30H2,3-7H3,(H,44,46)(H,45,47)/t33?,34?,35?,36?,37?,38?,39-,43?/m1/s1. The first-order valence-corrected chi connectivity index (χ1v) is 20.5. The van der Waals surface area contributed by atoms with E-state index in [1.54, 1.807) is 0 Å². The number of amides is 2. The van der Waals surface area contributed by atoms with E-state index in [1.807, 2.05) is 0 Å². The number of alkyl carbamates (subject to hydrolysis) is 1. The Morgan fingerprint density at radius 3 is 2.27 bits per heavy atom. The molecule has 0 spiro atoms. The molecule has 280 valence electrons. The molecule has 4 aliphatic rings. The predicted molar refractivity (Wildman–Crippen MR) is 202 cm³/mol. The second-order valence-electron chi connectivity index (χ2n) is 17.9. The third-order valence-electron chi connectivity index (χ3n) is 13.3. The number of fused-ring (bicyclic) bond motifs is 2. The van der Waals surface area contributed by atoms with Crippen molar-refractivity contribution >= 4 is 12.0 Å². The fraction of sp³-hybridized carbons (Fsp3) is 0.860. The Bertz CT molecular complexity index is 1070. The van der Waals surface area contributed by atoms with Crippen molar-refractivity contribution in [3.63, 3.8) is 0 Å². The number of ether oxygens (including phenoxy) is 2. The SMILES string of the molecule is C=C(CCNC(=O)CCC1C2CCCCCCC21)CCC(C)OCC(C)(C)CCC(=C)C(C)CNC(=O)OC[C@@H]1C2CCCCCCC21C. The van der Waals surface area contributed by atoms with Crippen LogP contribution in [0, 0.1) is 46.3 Å². The van der Waals surface area contributed by atoms with Gasteiger partial charge in [-0.15, -0.1) is 0 Å². The summed E-state index contributed by atoms with van der Waals surface area (Å²) >= 11 is 0. The van der Waals surface area contributed by atoms with Crippen LogP contribution >= 0.6 is 0 Å². The average molecular weight is 683 g/mol. The normalized spacial score (nSPS) is 29.4. The first-order chi connectivity index (χ1) is 23.4. The molecule has 0 radical (unpaired) electrons. The molecule has 6 nitrogen and oxygen atoms in total. The Kier molecular flexibility index (Phi) is 15.6. The average Bonchev–Trinajstić information content (AvgIpc) is 3.87. The molecule has 0 saturated heterocycles. The highest BCUT2D eigenvalue weighted by atomic mass is 16.5. The van der Waals surface area contributed by atoms with E-state index in [-0.39, 0.29) is 29.4 Å².